The molecule has 0 aliphatic carbocycles. The Hall–Kier alpha value is -1.42. The number of benzene rings is 1. The van der Waals surface area contributed by atoms with E-state index in [1.807, 2.05) is 0 Å². The second-order valence-electron chi connectivity index (χ2n) is 3.21. The van der Waals surface area contributed by atoms with E-state index in [0.29, 0.717) is 22.2 Å². The fourth-order valence-corrected chi connectivity index (χ4v) is 1.58. The van der Waals surface area contributed by atoms with Gasteiger partial charge in [-0.25, -0.2) is 0 Å². The van der Waals surface area contributed by atoms with Gasteiger partial charge in [0.1, 0.15) is 0 Å². The van der Waals surface area contributed by atoms with Crippen molar-refractivity contribution < 1.29 is 14.3 Å². The highest BCUT2D eigenvalue weighted by Crippen LogP contribution is 2.42. The van der Waals surface area contributed by atoms with Crippen LogP contribution >= 0.6 is 11.6 Å². The number of carbonyl (C=O) groups excluding carboxylic acids is 1. The number of ether oxygens (including phenoxy) is 2. The van der Waals surface area contributed by atoms with E-state index >= 15 is 0 Å². The second kappa shape index (κ2) is 5.07. The molecular formula is C11H14ClNO3. The molecule has 0 unspecified atom stereocenters. The average molecular weight is 244 g/mol. The van der Waals surface area contributed by atoms with Crippen LogP contribution < -0.4 is 14.4 Å². The van der Waals surface area contributed by atoms with E-state index in [-0.39, 0.29) is 5.91 Å². The lowest BCUT2D eigenvalue weighted by molar-refractivity contribution is -0.116. The van der Waals surface area contributed by atoms with Gasteiger partial charge in [0.15, 0.2) is 11.5 Å². The highest BCUT2D eigenvalue weighted by molar-refractivity contribution is 6.32. The van der Waals surface area contributed by atoms with Crippen molar-refractivity contribution in [3.05, 3.63) is 17.2 Å². The largest absolute Gasteiger partial charge is 0.491 e. The Morgan fingerprint density at radius 1 is 1.25 bits per heavy atom. The summed E-state index contributed by atoms with van der Waals surface area (Å²) in [6.45, 7) is 1.47. The molecule has 0 aliphatic heterocycles. The van der Waals surface area contributed by atoms with Gasteiger partial charge in [-0.15, -0.1) is 0 Å². The maximum atomic E-state index is 11.3. The van der Waals surface area contributed by atoms with Crippen molar-refractivity contribution in [2.24, 2.45) is 0 Å². The van der Waals surface area contributed by atoms with Gasteiger partial charge in [0.25, 0.3) is 0 Å². The first-order valence-electron chi connectivity index (χ1n) is 4.67. The first-order chi connectivity index (χ1) is 7.52. The van der Waals surface area contributed by atoms with Crippen molar-refractivity contribution in [3.63, 3.8) is 0 Å². The van der Waals surface area contributed by atoms with E-state index in [9.17, 15) is 4.79 Å². The molecule has 0 heterocycles. The zero-order valence-corrected chi connectivity index (χ0v) is 10.5. The molecule has 1 aromatic rings. The van der Waals surface area contributed by atoms with E-state index in [0.717, 1.165) is 0 Å². The maximum absolute atomic E-state index is 11.3. The molecule has 0 atom stereocenters. The van der Waals surface area contributed by atoms with Crippen LogP contribution in [-0.4, -0.2) is 27.2 Å². The van der Waals surface area contributed by atoms with E-state index in [4.69, 9.17) is 21.1 Å². The Kier molecular flexibility index (Phi) is 4.01. The average Bonchev–Trinajstić information content (AvgIpc) is 2.27. The summed E-state index contributed by atoms with van der Waals surface area (Å²) in [5.74, 6) is 0.783. The van der Waals surface area contributed by atoms with Crippen LogP contribution in [-0.2, 0) is 4.79 Å². The molecule has 0 saturated heterocycles. The molecule has 4 nitrogen and oxygen atoms in total. The molecule has 0 N–H and O–H groups in total. The number of halogens is 1. The Morgan fingerprint density at radius 2 is 1.81 bits per heavy atom. The molecule has 1 aromatic carbocycles. The molecule has 0 spiro atoms. The number of amides is 1. The van der Waals surface area contributed by atoms with Gasteiger partial charge in [0.05, 0.1) is 24.9 Å². The highest BCUT2D eigenvalue weighted by atomic mass is 35.5. The summed E-state index contributed by atoms with van der Waals surface area (Å²) < 4.78 is 10.4. The summed E-state index contributed by atoms with van der Waals surface area (Å²) in [5, 5.41) is 0.444. The molecular weight excluding hydrogens is 230 g/mol. The van der Waals surface area contributed by atoms with Crippen LogP contribution in [0, 0.1) is 0 Å². The summed E-state index contributed by atoms with van der Waals surface area (Å²) >= 11 is 5.96. The molecule has 16 heavy (non-hydrogen) atoms. The topological polar surface area (TPSA) is 38.8 Å². The minimum atomic E-state index is -0.0947. The van der Waals surface area contributed by atoms with Gasteiger partial charge in [0.2, 0.25) is 5.91 Å². The van der Waals surface area contributed by atoms with Crippen LogP contribution in [0.4, 0.5) is 5.69 Å². The standard InChI is InChI=1S/C11H14ClNO3/c1-7(14)13(2)9-6-5-8(12)10(15-3)11(9)16-4/h5-6H,1-4H3. The quantitative estimate of drug-likeness (QED) is 0.818. The third-order valence-corrected chi connectivity index (χ3v) is 2.58. The Morgan fingerprint density at radius 3 is 2.25 bits per heavy atom. The monoisotopic (exact) mass is 243 g/mol. The maximum Gasteiger partial charge on any atom is 0.223 e. The van der Waals surface area contributed by atoms with Crippen LogP contribution in [0.25, 0.3) is 0 Å². The normalized spacial score (nSPS) is 9.81. The predicted octanol–water partition coefficient (Wildman–Crippen LogP) is 2.34. The van der Waals surface area contributed by atoms with E-state index in [1.165, 1.54) is 26.0 Å². The summed E-state index contributed by atoms with van der Waals surface area (Å²) in [5.41, 5.74) is 0.622. The van der Waals surface area contributed by atoms with Gasteiger partial charge in [-0.2, -0.15) is 0 Å². The van der Waals surface area contributed by atoms with Crippen LogP contribution in [0.5, 0.6) is 11.5 Å². The minimum absolute atomic E-state index is 0.0947. The third kappa shape index (κ3) is 2.22. The molecule has 0 aromatic heterocycles. The number of hydrogen-bond donors (Lipinski definition) is 0. The summed E-state index contributed by atoms with van der Waals surface area (Å²) in [6, 6.07) is 3.38. The van der Waals surface area contributed by atoms with Crippen molar-refractivity contribution in [2.45, 2.75) is 6.92 Å². The molecule has 0 fully saturated rings. The van der Waals surface area contributed by atoms with E-state index in [2.05, 4.69) is 0 Å². The number of nitrogens with zero attached hydrogens (tertiary/aromatic N) is 1. The molecule has 0 radical (unpaired) electrons. The Bertz CT molecular complexity index is 406. The lowest BCUT2D eigenvalue weighted by Crippen LogP contribution is -2.23. The zero-order valence-electron chi connectivity index (χ0n) is 9.70. The SMILES string of the molecule is COc1c(Cl)ccc(N(C)C(C)=O)c1OC. The second-order valence-corrected chi connectivity index (χ2v) is 3.62. The number of carbonyl (C=O) groups is 1. The number of hydrogen-bond acceptors (Lipinski definition) is 3. The van der Waals surface area contributed by atoms with Crippen LogP contribution in [0.3, 0.4) is 0 Å². The molecule has 0 saturated carbocycles. The predicted molar refractivity (Wildman–Crippen MR) is 63.6 cm³/mol. The molecule has 1 amide bonds. The highest BCUT2D eigenvalue weighted by Gasteiger charge is 2.18. The van der Waals surface area contributed by atoms with Gasteiger partial charge in [-0.3, -0.25) is 4.79 Å². The fraction of sp³-hybridized carbons (Fsp3) is 0.364. The van der Waals surface area contributed by atoms with Gasteiger partial charge in [0, 0.05) is 14.0 Å². The van der Waals surface area contributed by atoms with Gasteiger partial charge < -0.3 is 14.4 Å². The van der Waals surface area contributed by atoms with Crippen molar-refractivity contribution in [2.75, 3.05) is 26.2 Å². The van der Waals surface area contributed by atoms with Crippen LogP contribution in [0.2, 0.25) is 5.02 Å². The Labute approximate surface area is 99.7 Å². The van der Waals surface area contributed by atoms with Crippen molar-refractivity contribution in [1.29, 1.82) is 0 Å². The smallest absolute Gasteiger partial charge is 0.223 e. The summed E-state index contributed by atoms with van der Waals surface area (Å²) in [4.78, 5) is 12.8. The number of rotatable bonds is 3. The van der Waals surface area contributed by atoms with Crippen molar-refractivity contribution in [3.8, 4) is 11.5 Å². The number of methoxy groups -OCH3 is 2. The first-order valence-corrected chi connectivity index (χ1v) is 5.05. The lowest BCUT2D eigenvalue weighted by atomic mass is 10.2. The van der Waals surface area contributed by atoms with E-state index < -0.39 is 0 Å². The molecule has 5 heteroatoms. The summed E-state index contributed by atoms with van der Waals surface area (Å²) in [7, 11) is 4.67. The van der Waals surface area contributed by atoms with Crippen molar-refractivity contribution in [1.82, 2.24) is 0 Å². The minimum Gasteiger partial charge on any atom is -0.491 e. The third-order valence-electron chi connectivity index (χ3n) is 2.29. The molecule has 88 valence electrons. The molecule has 1 rings (SSSR count). The molecule has 0 aliphatic rings. The Balaban J connectivity index is 3.35. The lowest BCUT2D eigenvalue weighted by Gasteiger charge is -2.20. The van der Waals surface area contributed by atoms with Crippen LogP contribution in [0.1, 0.15) is 6.92 Å². The first kappa shape index (κ1) is 12.6. The van der Waals surface area contributed by atoms with Gasteiger partial charge in [-0.05, 0) is 12.1 Å². The summed E-state index contributed by atoms with van der Waals surface area (Å²) in [6.07, 6.45) is 0. The zero-order chi connectivity index (χ0) is 12.3. The fourth-order valence-electron chi connectivity index (χ4n) is 1.35. The van der Waals surface area contributed by atoms with E-state index in [1.54, 1.807) is 19.2 Å². The van der Waals surface area contributed by atoms with Gasteiger partial charge in [-0.1, -0.05) is 11.6 Å². The number of anilines is 1. The van der Waals surface area contributed by atoms with Crippen molar-refractivity contribution >= 4 is 23.2 Å². The van der Waals surface area contributed by atoms with Crippen LogP contribution in [0.15, 0.2) is 12.1 Å². The van der Waals surface area contributed by atoms with Gasteiger partial charge >= 0.3 is 0 Å². The molecule has 0 bridgehead atoms.